The Bertz CT molecular complexity index is 1310. The summed E-state index contributed by atoms with van der Waals surface area (Å²) >= 11 is 0. The lowest BCUT2D eigenvalue weighted by Crippen LogP contribution is -2.31. The minimum absolute atomic E-state index is 0.0220. The van der Waals surface area contributed by atoms with Crippen LogP contribution in [0.5, 0.6) is 12.0 Å². The van der Waals surface area contributed by atoms with Gasteiger partial charge in [0.2, 0.25) is 0 Å². The zero-order chi connectivity index (χ0) is 27.4. The van der Waals surface area contributed by atoms with Crippen molar-refractivity contribution in [1.82, 2.24) is 19.5 Å². The molecule has 0 saturated carbocycles. The average Bonchev–Trinajstić information content (AvgIpc) is 3.14. The predicted octanol–water partition coefficient (Wildman–Crippen LogP) is 3.08. The summed E-state index contributed by atoms with van der Waals surface area (Å²) in [7, 11) is -1.07. The number of methoxy groups -OCH3 is 1. The Labute approximate surface area is 214 Å². The molecular weight excluding hydrogens is 503 g/mol. The number of ether oxygens (including phenoxy) is 3. The highest BCUT2D eigenvalue weighted by Crippen LogP contribution is 2.44. The first-order valence-electron chi connectivity index (χ1n) is 11.4. The van der Waals surface area contributed by atoms with Crippen molar-refractivity contribution in [3.05, 3.63) is 35.4 Å². The molecule has 0 aliphatic heterocycles. The monoisotopic (exact) mass is 536 g/mol. The van der Waals surface area contributed by atoms with E-state index in [4.69, 9.17) is 30.2 Å². The van der Waals surface area contributed by atoms with Crippen molar-refractivity contribution < 1.29 is 33.0 Å². The molecule has 0 bridgehead atoms. The maximum absolute atomic E-state index is 12.0. The number of rotatable bonds is 11. The Morgan fingerprint density at radius 1 is 1.19 bits per heavy atom. The van der Waals surface area contributed by atoms with Gasteiger partial charge < -0.3 is 35.1 Å². The molecule has 0 aliphatic rings. The van der Waals surface area contributed by atoms with Crippen molar-refractivity contribution >= 4 is 30.7 Å². The second-order valence-corrected chi connectivity index (χ2v) is 11.6. The SMILES string of the molecule is COc1nc2c(N)nc(OC(COC(N)=O)CC(C)(C)C)nc2n1Cc1cccc(CP(=O)(O)OC)c1. The Kier molecular flexibility index (Phi) is 8.62. The maximum atomic E-state index is 12.0. The molecule has 0 aliphatic carbocycles. The highest BCUT2D eigenvalue weighted by molar-refractivity contribution is 7.51. The number of nitrogen functional groups attached to an aromatic ring is 1. The van der Waals surface area contributed by atoms with Crippen LogP contribution in [0.15, 0.2) is 24.3 Å². The summed E-state index contributed by atoms with van der Waals surface area (Å²) in [6.07, 6.45) is -1.09. The highest BCUT2D eigenvalue weighted by atomic mass is 31.2. The summed E-state index contributed by atoms with van der Waals surface area (Å²) in [5.74, 6) is 0.0810. The zero-order valence-corrected chi connectivity index (χ0v) is 22.4. The molecular formula is C23H33N6O7P. The van der Waals surface area contributed by atoms with Crippen LogP contribution in [0.4, 0.5) is 10.6 Å². The van der Waals surface area contributed by atoms with E-state index in [9.17, 15) is 14.3 Å². The van der Waals surface area contributed by atoms with Crippen molar-refractivity contribution in [2.24, 2.45) is 11.1 Å². The van der Waals surface area contributed by atoms with Gasteiger partial charge in [0.15, 0.2) is 17.0 Å². The van der Waals surface area contributed by atoms with Gasteiger partial charge in [0.1, 0.15) is 12.7 Å². The van der Waals surface area contributed by atoms with Crippen molar-refractivity contribution in [1.29, 1.82) is 0 Å². The second-order valence-electron chi connectivity index (χ2n) is 9.68. The van der Waals surface area contributed by atoms with Crippen molar-refractivity contribution in [3.8, 4) is 12.0 Å². The van der Waals surface area contributed by atoms with E-state index in [1.54, 1.807) is 22.8 Å². The van der Waals surface area contributed by atoms with Gasteiger partial charge in [-0.1, -0.05) is 45.0 Å². The number of hydrogen-bond acceptors (Lipinski definition) is 10. The second kappa shape index (κ2) is 11.3. The van der Waals surface area contributed by atoms with Crippen molar-refractivity contribution in [3.63, 3.8) is 0 Å². The zero-order valence-electron chi connectivity index (χ0n) is 21.5. The van der Waals surface area contributed by atoms with E-state index in [1.165, 1.54) is 14.2 Å². The fourth-order valence-corrected chi connectivity index (χ4v) is 4.57. The number of aromatic nitrogens is 4. The number of primary amides is 1. The van der Waals surface area contributed by atoms with Crippen LogP contribution in [0.2, 0.25) is 0 Å². The van der Waals surface area contributed by atoms with E-state index in [0.717, 1.165) is 5.56 Å². The summed E-state index contributed by atoms with van der Waals surface area (Å²) in [5, 5.41) is 0. The summed E-state index contributed by atoms with van der Waals surface area (Å²) in [6, 6.07) is 7.38. The molecule has 1 aromatic carbocycles. The smallest absolute Gasteiger partial charge is 0.404 e. The minimum Gasteiger partial charge on any atom is -0.468 e. The molecule has 0 fully saturated rings. The summed E-state index contributed by atoms with van der Waals surface area (Å²) in [5.41, 5.74) is 13.3. The van der Waals surface area contributed by atoms with Crippen LogP contribution in [0.25, 0.3) is 11.2 Å². The Hall–Kier alpha value is -3.41. The lowest BCUT2D eigenvalue weighted by atomic mass is 9.89. The fraction of sp³-hybridized carbons (Fsp3) is 0.478. The normalized spacial score (nSPS) is 14.2. The number of fused-ring (bicyclic) bond motifs is 1. The molecule has 2 heterocycles. The Balaban J connectivity index is 1.97. The summed E-state index contributed by atoms with van der Waals surface area (Å²) < 4.78 is 34.8. The lowest BCUT2D eigenvalue weighted by Gasteiger charge is -2.25. The van der Waals surface area contributed by atoms with Crippen LogP contribution >= 0.6 is 7.60 Å². The van der Waals surface area contributed by atoms with Gasteiger partial charge in [-0.3, -0.25) is 9.13 Å². The topological polar surface area (TPSA) is 187 Å². The van der Waals surface area contributed by atoms with E-state index in [2.05, 4.69) is 15.0 Å². The van der Waals surface area contributed by atoms with E-state index < -0.39 is 19.8 Å². The first-order chi connectivity index (χ1) is 17.3. The van der Waals surface area contributed by atoms with E-state index in [1.807, 2.05) is 26.8 Å². The van der Waals surface area contributed by atoms with E-state index in [0.29, 0.717) is 23.1 Å². The molecule has 0 spiro atoms. The van der Waals surface area contributed by atoms with Crippen molar-refractivity contribution in [2.75, 3.05) is 26.6 Å². The number of carbonyl (C=O) groups excluding carboxylic acids is 1. The average molecular weight is 537 g/mol. The number of carbonyl (C=O) groups is 1. The number of imidazole rings is 1. The molecule has 2 unspecified atom stereocenters. The molecule has 0 radical (unpaired) electrons. The van der Waals surface area contributed by atoms with Gasteiger partial charge in [-0.15, -0.1) is 0 Å². The van der Waals surface area contributed by atoms with Gasteiger partial charge >= 0.3 is 19.7 Å². The van der Waals surface area contributed by atoms with E-state index >= 15 is 0 Å². The molecule has 14 heteroatoms. The third-order valence-electron chi connectivity index (χ3n) is 5.27. The molecule has 3 rings (SSSR count). The molecule has 5 N–H and O–H groups in total. The number of amides is 1. The van der Waals surface area contributed by atoms with Gasteiger partial charge in [0.05, 0.1) is 19.8 Å². The first kappa shape index (κ1) is 28.2. The number of nitrogens with zero attached hydrogens (tertiary/aromatic N) is 4. The Morgan fingerprint density at radius 2 is 1.89 bits per heavy atom. The first-order valence-corrected chi connectivity index (χ1v) is 13.2. The third kappa shape index (κ3) is 7.78. The lowest BCUT2D eigenvalue weighted by molar-refractivity contribution is 0.0575. The molecule has 1 amide bonds. The predicted molar refractivity (Wildman–Crippen MR) is 136 cm³/mol. The maximum Gasteiger partial charge on any atom is 0.404 e. The van der Waals surface area contributed by atoms with Crippen LogP contribution in [-0.4, -0.2) is 57.4 Å². The summed E-state index contributed by atoms with van der Waals surface area (Å²) in [4.78, 5) is 34.1. The van der Waals surface area contributed by atoms with E-state index in [-0.39, 0.29) is 42.6 Å². The fourth-order valence-electron chi connectivity index (χ4n) is 3.78. The molecule has 2 aromatic heterocycles. The standard InChI is InChI=1S/C23H33N6O7P/c1-23(2,3)10-16(12-35-20(25)30)36-21-27-18(24)17-19(28-21)29(22(26-17)33-4)11-14-7-6-8-15(9-14)13-37(31,32)34-5/h6-9,16H,10-13H2,1-5H3,(H2,25,30)(H,31,32)(H2,24,27,28). The third-order valence-corrected chi connectivity index (χ3v) is 6.61. The molecule has 3 aromatic rings. The molecule has 2 atom stereocenters. The number of nitrogens with two attached hydrogens (primary N) is 2. The quantitative estimate of drug-likeness (QED) is 0.306. The number of benzene rings is 1. The highest BCUT2D eigenvalue weighted by Gasteiger charge is 2.25. The minimum atomic E-state index is -3.73. The van der Waals surface area contributed by atoms with Crippen molar-refractivity contribution in [2.45, 2.75) is 46.0 Å². The van der Waals surface area contributed by atoms with Crippen LogP contribution in [-0.2, 0) is 26.5 Å². The van der Waals surface area contributed by atoms with Gasteiger partial charge in [0, 0.05) is 7.11 Å². The number of anilines is 1. The van der Waals surface area contributed by atoms with Gasteiger partial charge in [-0.25, -0.2) is 4.79 Å². The van der Waals surface area contributed by atoms with Gasteiger partial charge in [-0.05, 0) is 23.0 Å². The molecule has 202 valence electrons. The summed E-state index contributed by atoms with van der Waals surface area (Å²) in [6.45, 7) is 6.23. The van der Waals surface area contributed by atoms with Crippen LogP contribution < -0.4 is 20.9 Å². The molecule has 0 saturated heterocycles. The van der Waals surface area contributed by atoms with Crippen LogP contribution in [0.3, 0.4) is 0 Å². The van der Waals surface area contributed by atoms with Gasteiger partial charge in [-0.2, -0.15) is 15.0 Å². The van der Waals surface area contributed by atoms with Crippen LogP contribution in [0, 0.1) is 5.41 Å². The van der Waals surface area contributed by atoms with Gasteiger partial charge in [0.25, 0.3) is 6.01 Å². The molecule has 13 nitrogen and oxygen atoms in total. The number of hydrogen-bond donors (Lipinski definition) is 3. The molecule has 37 heavy (non-hydrogen) atoms. The largest absolute Gasteiger partial charge is 0.468 e. The Morgan fingerprint density at radius 3 is 2.51 bits per heavy atom. The van der Waals surface area contributed by atoms with Crippen LogP contribution in [0.1, 0.15) is 38.3 Å².